The van der Waals surface area contributed by atoms with E-state index in [9.17, 15) is 0 Å². The molecule has 13 heavy (non-hydrogen) atoms. The lowest BCUT2D eigenvalue weighted by Crippen LogP contribution is -2.35. The lowest BCUT2D eigenvalue weighted by atomic mass is 10.5. The number of hydrogen-bond acceptors (Lipinski definition) is 2. The quantitative estimate of drug-likeness (QED) is 0.372. The van der Waals surface area contributed by atoms with Crippen molar-refractivity contribution in [3.05, 3.63) is 0 Å². The molecule has 0 aliphatic rings. The predicted molar refractivity (Wildman–Crippen MR) is 60.1 cm³/mol. The molecule has 0 aromatic heterocycles. The molecule has 0 aliphatic heterocycles. The first-order chi connectivity index (χ1) is 6.12. The SMILES string of the molecule is C[Si](C)(OCCCCl)OCCCCl. The van der Waals surface area contributed by atoms with Crippen molar-refractivity contribution in [2.75, 3.05) is 25.0 Å². The Kier molecular flexibility index (Phi) is 8.51. The van der Waals surface area contributed by atoms with Gasteiger partial charge in [-0.05, 0) is 25.9 Å². The van der Waals surface area contributed by atoms with Gasteiger partial charge < -0.3 is 8.85 Å². The van der Waals surface area contributed by atoms with Crippen molar-refractivity contribution in [1.29, 1.82) is 0 Å². The van der Waals surface area contributed by atoms with E-state index in [1.165, 1.54) is 0 Å². The van der Waals surface area contributed by atoms with Gasteiger partial charge in [0, 0.05) is 25.0 Å². The van der Waals surface area contributed by atoms with Gasteiger partial charge in [-0.1, -0.05) is 0 Å². The van der Waals surface area contributed by atoms with E-state index >= 15 is 0 Å². The summed E-state index contributed by atoms with van der Waals surface area (Å²) in [6.07, 6.45) is 1.77. The summed E-state index contributed by atoms with van der Waals surface area (Å²) in [5.74, 6) is 1.29. The zero-order chi connectivity index (χ0) is 10.2. The van der Waals surface area contributed by atoms with Crippen LogP contribution in [0.4, 0.5) is 0 Å². The highest BCUT2D eigenvalue weighted by atomic mass is 35.5. The Morgan fingerprint density at radius 3 is 1.62 bits per heavy atom. The van der Waals surface area contributed by atoms with Gasteiger partial charge in [0.15, 0.2) is 0 Å². The van der Waals surface area contributed by atoms with Crippen LogP contribution in [-0.4, -0.2) is 33.5 Å². The molecule has 0 aliphatic carbocycles. The summed E-state index contributed by atoms with van der Waals surface area (Å²) in [6, 6.07) is 0. The number of hydrogen-bond donors (Lipinski definition) is 0. The normalized spacial score (nSPS) is 12.0. The summed E-state index contributed by atoms with van der Waals surface area (Å²) >= 11 is 11.1. The molecular formula is C8H18Cl2O2Si. The molecule has 5 heteroatoms. The summed E-state index contributed by atoms with van der Waals surface area (Å²) in [4.78, 5) is 0. The van der Waals surface area contributed by atoms with Crippen LogP contribution in [-0.2, 0) is 8.85 Å². The van der Waals surface area contributed by atoms with E-state index in [-0.39, 0.29) is 0 Å². The van der Waals surface area contributed by atoms with Gasteiger partial charge in [-0.2, -0.15) is 0 Å². The highest BCUT2D eigenvalue weighted by Crippen LogP contribution is 2.07. The van der Waals surface area contributed by atoms with E-state index in [2.05, 4.69) is 0 Å². The summed E-state index contributed by atoms with van der Waals surface area (Å²) in [5, 5.41) is 0. The van der Waals surface area contributed by atoms with Gasteiger partial charge in [-0.3, -0.25) is 0 Å². The molecule has 0 spiro atoms. The summed E-state index contributed by atoms with van der Waals surface area (Å²) in [6.45, 7) is 5.47. The molecule has 2 nitrogen and oxygen atoms in total. The summed E-state index contributed by atoms with van der Waals surface area (Å²) in [7, 11) is -1.90. The molecule has 0 amide bonds. The van der Waals surface area contributed by atoms with E-state index in [0.717, 1.165) is 12.8 Å². The fraction of sp³-hybridized carbons (Fsp3) is 1.00. The Balaban J connectivity index is 3.42. The first-order valence-corrected chi connectivity index (χ1v) is 8.41. The molecule has 0 heterocycles. The smallest absolute Gasteiger partial charge is 0.331 e. The van der Waals surface area contributed by atoms with Crippen LogP contribution in [0.5, 0.6) is 0 Å². The standard InChI is InChI=1S/C8H18Cl2O2Si/c1-13(2,11-7-3-5-9)12-8-4-6-10/h3-8H2,1-2H3. The summed E-state index contributed by atoms with van der Waals surface area (Å²) < 4.78 is 11.2. The molecular weight excluding hydrogens is 227 g/mol. The minimum absolute atomic E-state index is 0.645. The Bertz CT molecular complexity index is 111. The minimum Gasteiger partial charge on any atom is -0.394 e. The Hall–Kier alpha value is 0.717. The summed E-state index contributed by atoms with van der Waals surface area (Å²) in [5.41, 5.74) is 0. The Morgan fingerprint density at radius 1 is 0.923 bits per heavy atom. The van der Waals surface area contributed by atoms with E-state index in [1.807, 2.05) is 13.1 Å². The van der Waals surface area contributed by atoms with Gasteiger partial charge in [-0.25, -0.2) is 0 Å². The van der Waals surface area contributed by atoms with Gasteiger partial charge in [0.1, 0.15) is 0 Å². The average Bonchev–Trinajstić information content (AvgIpc) is 2.05. The van der Waals surface area contributed by atoms with Gasteiger partial charge in [-0.15, -0.1) is 23.2 Å². The molecule has 0 aromatic carbocycles. The number of rotatable bonds is 8. The third kappa shape index (κ3) is 9.03. The fourth-order valence-electron chi connectivity index (χ4n) is 0.787. The van der Waals surface area contributed by atoms with E-state index < -0.39 is 8.56 Å². The highest BCUT2D eigenvalue weighted by Gasteiger charge is 2.23. The molecule has 0 atom stereocenters. The third-order valence-electron chi connectivity index (χ3n) is 1.46. The Morgan fingerprint density at radius 2 is 1.31 bits per heavy atom. The Labute approximate surface area is 91.8 Å². The zero-order valence-corrected chi connectivity index (χ0v) is 10.8. The van der Waals surface area contributed by atoms with E-state index in [4.69, 9.17) is 32.1 Å². The van der Waals surface area contributed by atoms with Crippen LogP contribution in [0, 0.1) is 0 Å². The van der Waals surface area contributed by atoms with Gasteiger partial charge in [0.25, 0.3) is 0 Å². The molecule has 0 rings (SSSR count). The molecule has 0 saturated carbocycles. The first kappa shape index (κ1) is 13.7. The van der Waals surface area contributed by atoms with E-state index in [0.29, 0.717) is 25.0 Å². The largest absolute Gasteiger partial charge is 0.394 e. The van der Waals surface area contributed by atoms with Crippen LogP contribution in [0.15, 0.2) is 0 Å². The van der Waals surface area contributed by atoms with Gasteiger partial charge in [0.2, 0.25) is 0 Å². The van der Waals surface area contributed by atoms with Crippen molar-refractivity contribution < 1.29 is 8.85 Å². The predicted octanol–water partition coefficient (Wildman–Crippen LogP) is 2.98. The lowest BCUT2D eigenvalue weighted by molar-refractivity contribution is 0.180. The van der Waals surface area contributed by atoms with Crippen LogP contribution >= 0.6 is 23.2 Å². The molecule has 0 bridgehead atoms. The van der Waals surface area contributed by atoms with Gasteiger partial charge in [0.05, 0.1) is 0 Å². The van der Waals surface area contributed by atoms with Crippen LogP contribution in [0.2, 0.25) is 13.1 Å². The van der Waals surface area contributed by atoms with Crippen molar-refractivity contribution in [1.82, 2.24) is 0 Å². The second-order valence-corrected chi connectivity index (χ2v) is 7.31. The topological polar surface area (TPSA) is 18.5 Å². The van der Waals surface area contributed by atoms with Crippen LogP contribution in [0.25, 0.3) is 0 Å². The van der Waals surface area contributed by atoms with Crippen LogP contribution in [0.3, 0.4) is 0 Å². The number of alkyl halides is 2. The second-order valence-electron chi connectivity index (χ2n) is 3.18. The molecule has 0 aromatic rings. The van der Waals surface area contributed by atoms with Crippen molar-refractivity contribution in [3.63, 3.8) is 0 Å². The fourth-order valence-corrected chi connectivity index (χ4v) is 2.36. The van der Waals surface area contributed by atoms with Crippen molar-refractivity contribution in [3.8, 4) is 0 Å². The minimum atomic E-state index is -1.90. The molecule has 0 saturated heterocycles. The monoisotopic (exact) mass is 244 g/mol. The lowest BCUT2D eigenvalue weighted by Gasteiger charge is -2.22. The second kappa shape index (κ2) is 8.06. The van der Waals surface area contributed by atoms with Crippen LogP contribution in [0.1, 0.15) is 12.8 Å². The maximum atomic E-state index is 5.61. The highest BCUT2D eigenvalue weighted by molar-refractivity contribution is 6.64. The molecule has 80 valence electrons. The molecule has 0 radical (unpaired) electrons. The van der Waals surface area contributed by atoms with E-state index in [1.54, 1.807) is 0 Å². The zero-order valence-electron chi connectivity index (χ0n) is 8.32. The molecule has 0 fully saturated rings. The van der Waals surface area contributed by atoms with Crippen molar-refractivity contribution in [2.45, 2.75) is 25.9 Å². The van der Waals surface area contributed by atoms with Crippen molar-refractivity contribution >= 4 is 31.8 Å². The molecule has 0 unspecified atom stereocenters. The maximum Gasteiger partial charge on any atom is 0.331 e. The third-order valence-corrected chi connectivity index (χ3v) is 3.79. The maximum absolute atomic E-state index is 5.61. The molecule has 0 N–H and O–H groups in total. The van der Waals surface area contributed by atoms with Crippen LogP contribution < -0.4 is 0 Å². The van der Waals surface area contributed by atoms with Gasteiger partial charge >= 0.3 is 8.56 Å². The number of halogens is 2. The average molecular weight is 245 g/mol. The first-order valence-electron chi connectivity index (χ1n) is 4.52. The van der Waals surface area contributed by atoms with Crippen molar-refractivity contribution in [2.24, 2.45) is 0 Å².